The summed E-state index contributed by atoms with van der Waals surface area (Å²) in [5.74, 6) is 2.98. The van der Waals surface area contributed by atoms with Crippen molar-refractivity contribution >= 4 is 29.9 Å². The minimum absolute atomic E-state index is 0. The van der Waals surface area contributed by atoms with Crippen LogP contribution in [0.15, 0.2) is 27.7 Å². The van der Waals surface area contributed by atoms with E-state index in [1.807, 2.05) is 6.92 Å². The van der Waals surface area contributed by atoms with Crippen LogP contribution < -0.4 is 15.4 Å². The number of nitrogens with zero attached hydrogens (tertiary/aromatic N) is 3. The van der Waals surface area contributed by atoms with E-state index in [-0.39, 0.29) is 30.1 Å². The molecule has 1 aliphatic heterocycles. The number of ether oxygens (including phenoxy) is 2. The maximum atomic E-state index is 6.07. The summed E-state index contributed by atoms with van der Waals surface area (Å²) < 4.78 is 16.9. The molecule has 0 saturated carbocycles. The Hall–Kier alpha value is -1.88. The third-order valence-electron chi connectivity index (χ3n) is 4.77. The topological polar surface area (TPSA) is 93.8 Å². The molecule has 0 bridgehead atoms. The molecule has 1 aliphatic rings. The third-order valence-corrected chi connectivity index (χ3v) is 4.77. The van der Waals surface area contributed by atoms with E-state index in [4.69, 9.17) is 14.0 Å². The van der Waals surface area contributed by atoms with Gasteiger partial charge in [0, 0.05) is 38.7 Å². The highest BCUT2D eigenvalue weighted by Gasteiger charge is 2.17. The highest BCUT2D eigenvalue weighted by molar-refractivity contribution is 14.0. The molecule has 1 aromatic carbocycles. The molecule has 0 radical (unpaired) electrons. The van der Waals surface area contributed by atoms with Crippen molar-refractivity contribution in [2.24, 2.45) is 4.99 Å². The second-order valence-electron chi connectivity index (χ2n) is 7.25. The lowest BCUT2D eigenvalue weighted by Gasteiger charge is -2.17. The number of rotatable bonds is 9. The van der Waals surface area contributed by atoms with Crippen LogP contribution >= 0.6 is 24.0 Å². The average molecular weight is 529 g/mol. The molecule has 0 amide bonds. The smallest absolute Gasteiger partial charge is 0.226 e. The van der Waals surface area contributed by atoms with E-state index in [9.17, 15) is 0 Å². The van der Waals surface area contributed by atoms with Gasteiger partial charge in [0.05, 0.1) is 6.10 Å². The molecule has 1 fully saturated rings. The van der Waals surface area contributed by atoms with Gasteiger partial charge in [0.15, 0.2) is 11.8 Å². The van der Waals surface area contributed by atoms with Crippen molar-refractivity contribution in [2.75, 3.05) is 26.8 Å². The molecule has 2 heterocycles. The van der Waals surface area contributed by atoms with Crippen molar-refractivity contribution in [2.45, 2.75) is 52.2 Å². The summed E-state index contributed by atoms with van der Waals surface area (Å²) >= 11 is 0. The number of nitrogens with one attached hydrogen (secondary N) is 2. The van der Waals surface area contributed by atoms with Gasteiger partial charge in [-0.25, -0.2) is 0 Å². The first-order chi connectivity index (χ1) is 14.1. The van der Waals surface area contributed by atoms with E-state index in [2.05, 4.69) is 50.9 Å². The van der Waals surface area contributed by atoms with Crippen LogP contribution in [0.3, 0.4) is 0 Å². The molecule has 3 rings (SSSR count). The normalized spacial score (nSPS) is 16.2. The van der Waals surface area contributed by atoms with Crippen LogP contribution in [-0.2, 0) is 17.7 Å². The van der Waals surface area contributed by atoms with E-state index in [1.165, 1.54) is 5.56 Å². The molecule has 1 unspecified atom stereocenters. The van der Waals surface area contributed by atoms with Gasteiger partial charge >= 0.3 is 0 Å². The Morgan fingerprint density at radius 1 is 1.30 bits per heavy atom. The number of aliphatic imine (C=N–C) groups is 1. The van der Waals surface area contributed by atoms with Crippen LogP contribution in [0.4, 0.5) is 0 Å². The highest BCUT2D eigenvalue weighted by atomic mass is 127. The number of hydrogen-bond donors (Lipinski definition) is 2. The standard InChI is InChI=1S/C21H31N5O3.HI/c1-15-8-9-17(19(12-15)28-14-18-6-5-11-27-18)13-24-21(22-3)23-10-4-7-20-25-16(2)26-29-20;/h8-9,12,18H,4-7,10-11,13-14H2,1-3H3,(H2,22,23,24);1H. The molecule has 166 valence electrons. The number of hydrogen-bond acceptors (Lipinski definition) is 6. The summed E-state index contributed by atoms with van der Waals surface area (Å²) in [5, 5.41) is 10.5. The SMILES string of the molecule is CN=C(NCCCc1nc(C)no1)NCc1ccc(C)cc1OCC1CCCO1.I. The maximum absolute atomic E-state index is 6.07. The zero-order chi connectivity index (χ0) is 20.5. The molecule has 9 heteroatoms. The summed E-state index contributed by atoms with van der Waals surface area (Å²) in [4.78, 5) is 8.50. The Kier molecular flexibility index (Phi) is 10.4. The Labute approximate surface area is 195 Å². The zero-order valence-corrected chi connectivity index (χ0v) is 20.3. The van der Waals surface area contributed by atoms with Gasteiger partial charge in [-0.05, 0) is 44.7 Å². The second-order valence-corrected chi connectivity index (χ2v) is 7.25. The van der Waals surface area contributed by atoms with Crippen molar-refractivity contribution in [1.29, 1.82) is 0 Å². The minimum Gasteiger partial charge on any atom is -0.491 e. The van der Waals surface area contributed by atoms with Crippen LogP contribution in [0.2, 0.25) is 0 Å². The highest BCUT2D eigenvalue weighted by Crippen LogP contribution is 2.22. The van der Waals surface area contributed by atoms with Crippen LogP contribution in [-0.4, -0.2) is 49.0 Å². The lowest BCUT2D eigenvalue weighted by molar-refractivity contribution is 0.0676. The van der Waals surface area contributed by atoms with Crippen molar-refractivity contribution < 1.29 is 14.0 Å². The van der Waals surface area contributed by atoms with E-state index in [1.54, 1.807) is 7.05 Å². The molecular formula is C21H32IN5O3. The molecule has 1 atom stereocenters. The largest absolute Gasteiger partial charge is 0.491 e. The number of aromatic nitrogens is 2. The van der Waals surface area contributed by atoms with Gasteiger partial charge in [-0.3, -0.25) is 4.99 Å². The molecule has 1 saturated heterocycles. The fraction of sp³-hybridized carbons (Fsp3) is 0.571. The van der Waals surface area contributed by atoms with Crippen molar-refractivity contribution in [3.05, 3.63) is 41.0 Å². The van der Waals surface area contributed by atoms with Crippen molar-refractivity contribution in [3.63, 3.8) is 0 Å². The molecule has 1 aromatic heterocycles. The van der Waals surface area contributed by atoms with Crippen LogP contribution in [0.25, 0.3) is 0 Å². The third kappa shape index (κ3) is 7.75. The number of halogens is 1. The molecule has 30 heavy (non-hydrogen) atoms. The first-order valence-corrected chi connectivity index (χ1v) is 10.2. The number of guanidine groups is 1. The van der Waals surface area contributed by atoms with E-state index in [0.29, 0.717) is 24.9 Å². The Balaban J connectivity index is 0.00000320. The molecule has 2 aromatic rings. The average Bonchev–Trinajstić information content (AvgIpc) is 3.38. The Morgan fingerprint density at radius 2 is 2.17 bits per heavy atom. The van der Waals surface area contributed by atoms with Gasteiger partial charge in [-0.2, -0.15) is 4.98 Å². The lowest BCUT2D eigenvalue weighted by Crippen LogP contribution is -2.37. The number of benzene rings is 1. The van der Waals surface area contributed by atoms with Crippen molar-refractivity contribution in [1.82, 2.24) is 20.8 Å². The molecule has 0 aliphatic carbocycles. The van der Waals surface area contributed by atoms with Crippen LogP contribution in [0.1, 0.15) is 42.1 Å². The zero-order valence-electron chi connectivity index (χ0n) is 17.9. The van der Waals surface area contributed by atoms with Crippen LogP contribution in [0.5, 0.6) is 5.75 Å². The van der Waals surface area contributed by atoms with Gasteiger partial charge in [0.2, 0.25) is 5.89 Å². The summed E-state index contributed by atoms with van der Waals surface area (Å²) in [5.41, 5.74) is 2.27. The minimum atomic E-state index is 0. The fourth-order valence-electron chi connectivity index (χ4n) is 3.19. The Bertz CT molecular complexity index is 806. The van der Waals surface area contributed by atoms with Crippen LogP contribution in [0, 0.1) is 13.8 Å². The predicted octanol–water partition coefficient (Wildman–Crippen LogP) is 3.16. The van der Waals surface area contributed by atoms with E-state index in [0.717, 1.165) is 56.1 Å². The molecule has 0 spiro atoms. The van der Waals surface area contributed by atoms with Gasteiger partial charge in [-0.1, -0.05) is 17.3 Å². The monoisotopic (exact) mass is 529 g/mol. The predicted molar refractivity (Wildman–Crippen MR) is 127 cm³/mol. The first kappa shape index (κ1) is 24.4. The molecular weight excluding hydrogens is 497 g/mol. The second kappa shape index (κ2) is 12.7. The summed E-state index contributed by atoms with van der Waals surface area (Å²) in [6.45, 7) is 6.71. The summed E-state index contributed by atoms with van der Waals surface area (Å²) in [6.07, 6.45) is 4.00. The van der Waals surface area contributed by atoms with E-state index < -0.39 is 0 Å². The first-order valence-electron chi connectivity index (χ1n) is 10.2. The lowest BCUT2D eigenvalue weighted by atomic mass is 10.1. The summed E-state index contributed by atoms with van der Waals surface area (Å²) in [6, 6.07) is 6.27. The van der Waals surface area contributed by atoms with Gasteiger partial charge in [-0.15, -0.1) is 24.0 Å². The Morgan fingerprint density at radius 3 is 2.87 bits per heavy atom. The quantitative estimate of drug-likeness (QED) is 0.223. The van der Waals surface area contributed by atoms with E-state index >= 15 is 0 Å². The maximum Gasteiger partial charge on any atom is 0.226 e. The van der Waals surface area contributed by atoms with Gasteiger partial charge < -0.3 is 24.6 Å². The molecule has 2 N–H and O–H groups in total. The van der Waals surface area contributed by atoms with Gasteiger partial charge in [0.1, 0.15) is 12.4 Å². The molecule has 8 nitrogen and oxygen atoms in total. The van der Waals surface area contributed by atoms with Gasteiger partial charge in [0.25, 0.3) is 0 Å². The summed E-state index contributed by atoms with van der Waals surface area (Å²) in [7, 11) is 1.76. The van der Waals surface area contributed by atoms with Crippen molar-refractivity contribution in [3.8, 4) is 5.75 Å². The fourth-order valence-corrected chi connectivity index (χ4v) is 3.19. The number of aryl methyl sites for hydroxylation is 3.